The maximum Gasteiger partial charge on any atom is 0.142 e. The van der Waals surface area contributed by atoms with Crippen molar-refractivity contribution in [3.05, 3.63) is 29.8 Å². The molecule has 1 saturated carbocycles. The molecule has 0 aromatic heterocycles. The van der Waals surface area contributed by atoms with Crippen LogP contribution in [0.2, 0.25) is 0 Å². The van der Waals surface area contributed by atoms with E-state index in [2.05, 4.69) is 49.9 Å². The van der Waals surface area contributed by atoms with E-state index in [9.17, 15) is 0 Å². The van der Waals surface area contributed by atoms with Gasteiger partial charge in [0.05, 0.1) is 0 Å². The number of rotatable bonds is 28. The zero-order chi connectivity index (χ0) is 32.5. The summed E-state index contributed by atoms with van der Waals surface area (Å²) in [5, 5.41) is 0. The lowest BCUT2D eigenvalue weighted by Crippen LogP contribution is -2.35. The number of ether oxygens (including phenoxy) is 1. The van der Waals surface area contributed by atoms with Crippen molar-refractivity contribution < 1.29 is 4.74 Å². The van der Waals surface area contributed by atoms with Crippen molar-refractivity contribution >= 4 is 0 Å². The third-order valence-electron chi connectivity index (χ3n) is 11.9. The van der Waals surface area contributed by atoms with Crippen molar-refractivity contribution in [2.24, 2.45) is 23.7 Å². The van der Waals surface area contributed by atoms with E-state index in [-0.39, 0.29) is 0 Å². The third kappa shape index (κ3) is 15.9. The number of fused-ring (bicyclic) bond motifs is 1. The molecule has 2 nitrogen and oxygen atoms in total. The minimum absolute atomic E-state index is 0.762. The lowest BCUT2D eigenvalue weighted by molar-refractivity contribution is 0.0581. The quantitative estimate of drug-likeness (QED) is 0.0848. The van der Waals surface area contributed by atoms with Crippen molar-refractivity contribution in [3.63, 3.8) is 0 Å². The Morgan fingerprint density at radius 1 is 0.522 bits per heavy atom. The average Bonchev–Trinajstić information content (AvgIpc) is 3.08. The number of benzene rings is 1. The number of para-hydroxylation sites is 1. The zero-order valence-corrected chi connectivity index (χ0v) is 31.4. The Morgan fingerprint density at radius 2 is 0.957 bits per heavy atom. The monoisotopic (exact) mass is 638 g/mol. The molecule has 0 radical (unpaired) electrons. The molecule has 0 spiro atoms. The Morgan fingerprint density at radius 3 is 1.50 bits per heavy atom. The molecule has 1 fully saturated rings. The van der Waals surface area contributed by atoms with Gasteiger partial charge in [-0.15, -0.1) is 0 Å². The maximum absolute atomic E-state index is 5.97. The highest BCUT2D eigenvalue weighted by Crippen LogP contribution is 2.47. The molecule has 4 unspecified atom stereocenters. The van der Waals surface area contributed by atoms with Gasteiger partial charge < -0.3 is 4.74 Å². The first-order valence-electron chi connectivity index (χ1n) is 21.2. The summed E-state index contributed by atoms with van der Waals surface area (Å²) in [6, 6.07) is 8.55. The van der Waals surface area contributed by atoms with Gasteiger partial charge in [-0.3, -0.25) is 4.90 Å². The van der Waals surface area contributed by atoms with Crippen LogP contribution < -0.4 is 4.74 Å². The molecule has 0 amide bonds. The van der Waals surface area contributed by atoms with Gasteiger partial charge in [0.15, 0.2) is 0 Å². The van der Waals surface area contributed by atoms with Gasteiger partial charge in [0, 0.05) is 18.7 Å². The highest BCUT2D eigenvalue weighted by atomic mass is 16.5. The smallest absolute Gasteiger partial charge is 0.142 e. The Labute approximate surface area is 288 Å². The van der Waals surface area contributed by atoms with E-state index in [0.717, 1.165) is 42.7 Å². The van der Waals surface area contributed by atoms with E-state index in [4.69, 9.17) is 4.74 Å². The molecule has 1 heterocycles. The van der Waals surface area contributed by atoms with E-state index in [1.807, 2.05) is 0 Å². The molecule has 1 aliphatic carbocycles. The second kappa shape index (κ2) is 25.9. The van der Waals surface area contributed by atoms with Crippen LogP contribution in [0.3, 0.4) is 0 Å². The Hall–Kier alpha value is -1.02. The van der Waals surface area contributed by atoms with Gasteiger partial charge in [0.2, 0.25) is 0 Å². The fourth-order valence-corrected chi connectivity index (χ4v) is 9.14. The van der Waals surface area contributed by atoms with Crippen LogP contribution in [0.25, 0.3) is 0 Å². The number of unbranched alkanes of at least 4 members (excludes halogenated alkanes) is 18. The maximum atomic E-state index is 5.97. The van der Waals surface area contributed by atoms with Crippen molar-refractivity contribution in [1.29, 1.82) is 0 Å². The molecule has 1 aromatic rings. The van der Waals surface area contributed by atoms with Crippen LogP contribution in [0.4, 0.5) is 0 Å². The summed E-state index contributed by atoms with van der Waals surface area (Å²) in [6.07, 6.45) is 41.0. The normalized spacial score (nSPS) is 21.7. The van der Waals surface area contributed by atoms with Gasteiger partial charge in [-0.1, -0.05) is 187 Å². The Balaban J connectivity index is 1.42. The highest BCUT2D eigenvalue weighted by Gasteiger charge is 2.37. The Bertz CT molecular complexity index is 837. The molecule has 0 saturated heterocycles. The van der Waals surface area contributed by atoms with Crippen LogP contribution in [0.1, 0.15) is 206 Å². The van der Waals surface area contributed by atoms with E-state index < -0.39 is 0 Å². The van der Waals surface area contributed by atoms with E-state index in [0.29, 0.717) is 0 Å². The van der Waals surface area contributed by atoms with Crippen LogP contribution in [-0.4, -0.2) is 18.2 Å². The van der Waals surface area contributed by atoms with Crippen LogP contribution in [-0.2, 0) is 6.54 Å². The zero-order valence-electron chi connectivity index (χ0n) is 31.4. The van der Waals surface area contributed by atoms with Crippen LogP contribution >= 0.6 is 0 Å². The minimum atomic E-state index is 0.762. The SMILES string of the molecule is CCCCCCCCC1C(CCCCCC)CCC(CCCCCCCCN2COc3ccccc3C2)C1CCCCCCCC. The minimum Gasteiger partial charge on any atom is -0.478 e. The first-order chi connectivity index (χ1) is 22.8. The van der Waals surface area contributed by atoms with Gasteiger partial charge in [-0.2, -0.15) is 0 Å². The molecule has 46 heavy (non-hydrogen) atoms. The molecule has 2 heteroatoms. The highest BCUT2D eigenvalue weighted by molar-refractivity contribution is 5.34. The second-order valence-electron chi connectivity index (χ2n) is 15.7. The summed E-state index contributed by atoms with van der Waals surface area (Å²) in [7, 11) is 0. The fraction of sp³-hybridized carbons (Fsp3) is 0.864. The van der Waals surface area contributed by atoms with Crippen molar-refractivity contribution in [1.82, 2.24) is 4.90 Å². The largest absolute Gasteiger partial charge is 0.478 e. The van der Waals surface area contributed by atoms with Crippen LogP contribution in [0, 0.1) is 23.7 Å². The van der Waals surface area contributed by atoms with E-state index >= 15 is 0 Å². The molecule has 0 bridgehead atoms. The van der Waals surface area contributed by atoms with Crippen molar-refractivity contribution in [2.75, 3.05) is 13.3 Å². The number of nitrogens with zero attached hydrogens (tertiary/aromatic N) is 1. The summed E-state index contributed by atoms with van der Waals surface area (Å²) >= 11 is 0. The topological polar surface area (TPSA) is 12.5 Å². The summed E-state index contributed by atoms with van der Waals surface area (Å²) in [5.41, 5.74) is 1.35. The summed E-state index contributed by atoms with van der Waals surface area (Å²) < 4.78 is 5.97. The van der Waals surface area contributed by atoms with E-state index in [1.165, 1.54) is 166 Å². The van der Waals surface area contributed by atoms with Crippen LogP contribution in [0.15, 0.2) is 24.3 Å². The van der Waals surface area contributed by atoms with E-state index in [1.54, 1.807) is 25.7 Å². The molecule has 1 aliphatic heterocycles. The predicted octanol–water partition coefficient (Wildman–Crippen LogP) is 14.3. The number of hydrogen-bond acceptors (Lipinski definition) is 2. The molecular weight excluding hydrogens is 558 g/mol. The third-order valence-corrected chi connectivity index (χ3v) is 11.9. The van der Waals surface area contributed by atoms with Crippen LogP contribution in [0.5, 0.6) is 5.75 Å². The van der Waals surface area contributed by atoms with Gasteiger partial charge in [-0.25, -0.2) is 0 Å². The molecule has 3 rings (SSSR count). The van der Waals surface area contributed by atoms with Gasteiger partial charge in [0.25, 0.3) is 0 Å². The standard InChI is InChI=1S/C44H79NO/c1-4-7-10-13-18-23-31-42-39(28-21-12-9-6-3)34-35-40(43(42)32-24-19-14-11-8-5-2)29-22-17-15-16-20-27-36-45-37-41-30-25-26-33-44(41)46-38-45/h25-26,30,33,39-40,42-43H,4-24,27-29,31-32,34-38H2,1-3H3. The summed E-state index contributed by atoms with van der Waals surface area (Å²) in [5.74, 6) is 5.21. The molecule has 2 aliphatic rings. The molecule has 0 N–H and O–H groups in total. The molecule has 1 aromatic carbocycles. The molecular formula is C44H79NO. The number of hydrogen-bond donors (Lipinski definition) is 0. The first kappa shape index (κ1) is 39.4. The van der Waals surface area contributed by atoms with Gasteiger partial charge >= 0.3 is 0 Å². The molecule has 266 valence electrons. The molecule has 4 atom stereocenters. The van der Waals surface area contributed by atoms with Gasteiger partial charge in [0.1, 0.15) is 12.5 Å². The van der Waals surface area contributed by atoms with Crippen molar-refractivity contribution in [3.8, 4) is 5.75 Å². The fourth-order valence-electron chi connectivity index (χ4n) is 9.14. The predicted molar refractivity (Wildman–Crippen MR) is 203 cm³/mol. The van der Waals surface area contributed by atoms with Crippen molar-refractivity contribution in [2.45, 2.75) is 207 Å². The average molecular weight is 638 g/mol. The summed E-state index contributed by atoms with van der Waals surface area (Å²) in [4.78, 5) is 2.48. The Kier molecular flexibility index (Phi) is 22.2. The lowest BCUT2D eigenvalue weighted by atomic mass is 9.61. The first-order valence-corrected chi connectivity index (χ1v) is 21.2. The second-order valence-corrected chi connectivity index (χ2v) is 15.7. The lowest BCUT2D eigenvalue weighted by Gasteiger charge is -2.44. The van der Waals surface area contributed by atoms with Gasteiger partial charge in [-0.05, 0) is 61.8 Å². The summed E-state index contributed by atoms with van der Waals surface area (Å²) in [6.45, 7) is 10.1.